The van der Waals surface area contributed by atoms with Crippen molar-refractivity contribution < 1.29 is 23.4 Å². The molecule has 0 fully saturated rings. The number of hydrogen-bond donors (Lipinski definition) is 1. The average molecular weight is 519 g/mol. The Labute approximate surface area is 214 Å². The predicted octanol–water partition coefficient (Wildman–Crippen LogP) is 8.59. The lowest BCUT2D eigenvalue weighted by Crippen LogP contribution is -2.44. The zero-order chi connectivity index (χ0) is 27.0. The molecule has 0 bridgehead atoms. The van der Waals surface area contributed by atoms with E-state index in [0.29, 0.717) is 40.0 Å². The number of benzene rings is 2. The molecule has 0 aromatic heterocycles. The van der Waals surface area contributed by atoms with Crippen molar-refractivity contribution >= 4 is 27.4 Å². The van der Waals surface area contributed by atoms with Crippen LogP contribution in [0, 0.1) is 0 Å². The molecule has 1 N–H and O–H groups in total. The van der Waals surface area contributed by atoms with Crippen molar-refractivity contribution in [2.75, 3.05) is 14.2 Å². The van der Waals surface area contributed by atoms with Gasteiger partial charge < -0.3 is 23.4 Å². The summed E-state index contributed by atoms with van der Waals surface area (Å²) in [5.41, 5.74) is 0.683. The van der Waals surface area contributed by atoms with Gasteiger partial charge in [-0.2, -0.15) is 0 Å². The summed E-state index contributed by atoms with van der Waals surface area (Å²) in [7, 11) is -1.15. The number of aromatic hydroxyl groups is 1. The molecule has 196 valence electrons. The summed E-state index contributed by atoms with van der Waals surface area (Å²) >= 11 is 0. The van der Waals surface area contributed by atoms with Gasteiger partial charge in [-0.15, -0.1) is 6.58 Å². The van der Waals surface area contributed by atoms with E-state index in [1.807, 2.05) is 24.3 Å². The molecular weight excluding hydrogens is 472 g/mol. The second-order valence-electron chi connectivity index (χ2n) is 12.3. The van der Waals surface area contributed by atoms with Crippen LogP contribution in [0.2, 0.25) is 36.3 Å². The molecule has 0 spiro atoms. The number of ether oxygens (including phenoxy) is 2. The largest absolute Gasteiger partial charge is 0.543 e. The molecule has 0 saturated heterocycles. The Hall–Kier alpha value is -1.97. The van der Waals surface area contributed by atoms with Gasteiger partial charge in [-0.1, -0.05) is 47.6 Å². The number of fused-ring (bicyclic) bond motifs is 1. The molecule has 0 unspecified atom stereocenters. The Morgan fingerprint density at radius 1 is 0.857 bits per heavy atom. The number of hydrogen-bond acceptors (Lipinski definition) is 5. The highest BCUT2D eigenvalue weighted by Crippen LogP contribution is 2.51. The summed E-state index contributed by atoms with van der Waals surface area (Å²) in [4.78, 5) is 0. The van der Waals surface area contributed by atoms with E-state index in [4.69, 9.17) is 18.3 Å². The van der Waals surface area contributed by atoms with Crippen LogP contribution < -0.4 is 13.9 Å². The highest BCUT2D eigenvalue weighted by atomic mass is 28.4. The molecular formula is C28H46O5Si2. The van der Waals surface area contributed by atoms with Crippen molar-refractivity contribution in [2.24, 2.45) is 0 Å². The second kappa shape index (κ2) is 10.2. The van der Waals surface area contributed by atoms with Gasteiger partial charge in [-0.05, 0) is 60.9 Å². The predicted molar refractivity (Wildman–Crippen MR) is 152 cm³/mol. The SMILES string of the molecule is C=CC[C@@H](O[Si](C)(C)C(C)(C)C)c1cc(O[Si](C)(C)C(C)(C)C)c2c(OC)ccc(OC)c2c1O. The lowest BCUT2D eigenvalue weighted by Gasteiger charge is -2.40. The first-order chi connectivity index (χ1) is 15.9. The summed E-state index contributed by atoms with van der Waals surface area (Å²) in [6, 6.07) is 5.62. The first-order valence-electron chi connectivity index (χ1n) is 12.3. The lowest BCUT2D eigenvalue weighted by atomic mass is 9.98. The van der Waals surface area contributed by atoms with E-state index in [9.17, 15) is 5.11 Å². The van der Waals surface area contributed by atoms with Crippen LogP contribution in [0.1, 0.15) is 59.6 Å². The standard InChI is InChI=1S/C28H46O5Si2/c1-14-15-20(32-34(10,11)27(2,3)4)19-18-23(33-35(12,13)28(5,6)7)24-21(30-8)16-17-22(31-9)25(24)26(19)29/h14,16-18,20,29H,1,15H2,2-13H3/t20-/m1/s1. The molecule has 7 heteroatoms. The van der Waals surface area contributed by atoms with Gasteiger partial charge in [0.2, 0.25) is 0 Å². The first-order valence-corrected chi connectivity index (χ1v) is 18.1. The minimum Gasteiger partial charge on any atom is -0.543 e. The summed E-state index contributed by atoms with van der Waals surface area (Å²) in [6.07, 6.45) is 2.05. The first kappa shape index (κ1) is 29.3. The summed E-state index contributed by atoms with van der Waals surface area (Å²) in [5, 5.41) is 13.0. The third-order valence-corrected chi connectivity index (χ3v) is 16.6. The van der Waals surface area contributed by atoms with Crippen LogP contribution in [0.25, 0.3) is 10.8 Å². The molecule has 2 aromatic carbocycles. The third kappa shape index (κ3) is 5.89. The van der Waals surface area contributed by atoms with Gasteiger partial charge in [0.15, 0.2) is 8.32 Å². The van der Waals surface area contributed by atoms with E-state index in [1.165, 1.54) is 0 Å². The van der Waals surface area contributed by atoms with E-state index in [1.54, 1.807) is 14.2 Å². The summed E-state index contributed by atoms with van der Waals surface area (Å²) in [6.45, 7) is 26.1. The maximum absolute atomic E-state index is 11.7. The highest BCUT2D eigenvalue weighted by molar-refractivity contribution is 6.75. The molecule has 0 radical (unpaired) electrons. The summed E-state index contributed by atoms with van der Waals surface area (Å²) in [5.74, 6) is 2.00. The molecule has 0 heterocycles. The van der Waals surface area contributed by atoms with Crippen LogP contribution in [0.4, 0.5) is 0 Å². The van der Waals surface area contributed by atoms with E-state index >= 15 is 0 Å². The van der Waals surface area contributed by atoms with Gasteiger partial charge in [-0.25, -0.2) is 0 Å². The Kier molecular flexibility index (Phi) is 8.52. The van der Waals surface area contributed by atoms with E-state index in [-0.39, 0.29) is 21.9 Å². The molecule has 2 aromatic rings. The molecule has 0 aliphatic carbocycles. The van der Waals surface area contributed by atoms with Gasteiger partial charge in [0.25, 0.3) is 8.32 Å². The zero-order valence-electron chi connectivity index (χ0n) is 23.9. The van der Waals surface area contributed by atoms with Crippen LogP contribution >= 0.6 is 0 Å². The number of methoxy groups -OCH3 is 2. The van der Waals surface area contributed by atoms with Crippen LogP contribution in [0.3, 0.4) is 0 Å². The smallest absolute Gasteiger partial charge is 0.250 e. The molecule has 0 saturated carbocycles. The van der Waals surface area contributed by atoms with Crippen molar-refractivity contribution in [3.05, 3.63) is 36.4 Å². The maximum Gasteiger partial charge on any atom is 0.250 e. The monoisotopic (exact) mass is 518 g/mol. The average Bonchev–Trinajstić information content (AvgIpc) is 2.72. The molecule has 5 nitrogen and oxygen atoms in total. The Bertz CT molecular complexity index is 1060. The molecule has 2 rings (SSSR count). The van der Waals surface area contributed by atoms with Gasteiger partial charge in [-0.3, -0.25) is 0 Å². The Morgan fingerprint density at radius 2 is 1.34 bits per heavy atom. The van der Waals surface area contributed by atoms with Crippen molar-refractivity contribution in [1.82, 2.24) is 0 Å². The third-order valence-electron chi connectivity index (χ3n) is 7.75. The molecule has 0 amide bonds. The fraction of sp³-hybridized carbons (Fsp3) is 0.571. The Balaban J connectivity index is 2.93. The van der Waals surface area contributed by atoms with Gasteiger partial charge in [0.1, 0.15) is 23.0 Å². The van der Waals surface area contributed by atoms with Crippen LogP contribution in [-0.4, -0.2) is 36.0 Å². The number of rotatable bonds is 9. The Morgan fingerprint density at radius 3 is 1.77 bits per heavy atom. The van der Waals surface area contributed by atoms with Crippen LogP contribution in [-0.2, 0) is 4.43 Å². The van der Waals surface area contributed by atoms with Crippen molar-refractivity contribution in [3.8, 4) is 23.0 Å². The van der Waals surface area contributed by atoms with E-state index in [2.05, 4.69) is 74.3 Å². The normalized spacial score (nSPS) is 14.1. The zero-order valence-corrected chi connectivity index (χ0v) is 25.9. The maximum atomic E-state index is 11.7. The van der Waals surface area contributed by atoms with Gasteiger partial charge in [0.05, 0.1) is 31.1 Å². The number of phenols is 1. The second-order valence-corrected chi connectivity index (χ2v) is 21.8. The minimum absolute atomic E-state index is 0.0123. The van der Waals surface area contributed by atoms with E-state index < -0.39 is 16.6 Å². The fourth-order valence-corrected chi connectivity index (χ4v) is 5.79. The van der Waals surface area contributed by atoms with E-state index in [0.717, 1.165) is 0 Å². The molecule has 0 aliphatic heterocycles. The van der Waals surface area contributed by atoms with Crippen molar-refractivity contribution in [2.45, 2.75) is 90.3 Å². The lowest BCUT2D eigenvalue weighted by molar-refractivity contribution is 0.183. The highest BCUT2D eigenvalue weighted by Gasteiger charge is 2.42. The molecule has 1 atom stereocenters. The summed E-state index contributed by atoms with van der Waals surface area (Å²) < 4.78 is 25.1. The fourth-order valence-electron chi connectivity index (χ4n) is 3.49. The van der Waals surface area contributed by atoms with Gasteiger partial charge in [0, 0.05) is 5.56 Å². The van der Waals surface area contributed by atoms with Gasteiger partial charge >= 0.3 is 0 Å². The topological polar surface area (TPSA) is 57.2 Å². The van der Waals surface area contributed by atoms with Crippen LogP contribution in [0.5, 0.6) is 23.0 Å². The molecule has 35 heavy (non-hydrogen) atoms. The molecule has 0 aliphatic rings. The minimum atomic E-state index is -2.23. The van der Waals surface area contributed by atoms with Crippen molar-refractivity contribution in [3.63, 3.8) is 0 Å². The number of phenolic OH excluding ortho intramolecular Hbond substituents is 1. The van der Waals surface area contributed by atoms with Crippen LogP contribution in [0.15, 0.2) is 30.9 Å². The quantitative estimate of drug-likeness (QED) is 0.266. The van der Waals surface area contributed by atoms with Crippen molar-refractivity contribution in [1.29, 1.82) is 0 Å².